The summed E-state index contributed by atoms with van der Waals surface area (Å²) in [5, 5.41) is 0. The average molecular weight is 434 g/mol. The molecule has 0 bridgehead atoms. The topological polar surface area (TPSA) is 259 Å². The molecule has 12 nitrogen and oxygen atoms in total. The quantitative estimate of drug-likeness (QED) is 0.254. The van der Waals surface area contributed by atoms with Crippen LogP contribution in [0.1, 0.15) is 0 Å². The monoisotopic (exact) mass is 436 g/mol. The molecule has 0 saturated carbocycles. The normalized spacial score (nSPS) is 9.83. The molecule has 0 spiro atoms. The third-order valence-electron chi connectivity index (χ3n) is 0. The zero-order valence-electron chi connectivity index (χ0n) is 8.03. The van der Waals surface area contributed by atoms with Crippen LogP contribution in [-0.4, -0.2) is 35.0 Å². The van der Waals surface area contributed by atoms with Crippen molar-refractivity contribution in [3.63, 3.8) is 0 Å². The summed E-state index contributed by atoms with van der Waals surface area (Å²) in [5.41, 5.74) is 0. The summed E-state index contributed by atoms with van der Waals surface area (Å²) in [6.07, 6.45) is 0. The molecule has 18 heteroatoms. The fraction of sp³-hybridized carbons (Fsp3) is 0. The van der Waals surface area contributed by atoms with E-state index < -0.39 is 23.5 Å². The van der Waals surface area contributed by atoms with Crippen LogP contribution in [0.15, 0.2) is 0 Å². The van der Waals surface area contributed by atoms with Crippen LogP contribution in [0.5, 0.6) is 0 Å². The van der Waals surface area contributed by atoms with E-state index in [1.807, 2.05) is 0 Å². The molecule has 0 aliphatic rings. The predicted octanol–water partition coefficient (Wildman–Crippen LogP) is -9.77. The smallest absolute Gasteiger partial charge is 4.00 e. The summed E-state index contributed by atoms with van der Waals surface area (Å²) in [6, 6.07) is 0. The fourth-order valence-electron chi connectivity index (χ4n) is 0. The summed E-state index contributed by atoms with van der Waals surface area (Å²) in [4.78, 5) is 76.9. The van der Waals surface area contributed by atoms with Crippen molar-refractivity contribution in [2.75, 3.05) is 0 Å². The van der Waals surface area contributed by atoms with Crippen molar-refractivity contribution in [3.8, 4) is 0 Å². The maximum atomic E-state index is 8.55. The van der Waals surface area contributed by atoms with Crippen LogP contribution in [0.2, 0.25) is 0 Å². The van der Waals surface area contributed by atoms with Crippen molar-refractivity contribution in [1.82, 2.24) is 0 Å². The molecule has 0 aliphatic carbocycles. The summed E-state index contributed by atoms with van der Waals surface area (Å²) >= 11 is 0. The van der Waals surface area contributed by atoms with E-state index in [0.717, 1.165) is 0 Å². The van der Waals surface area contributed by atoms with Crippen LogP contribution >= 0.6 is 23.5 Å². The van der Waals surface area contributed by atoms with Crippen LogP contribution in [-0.2, 0) is 35.4 Å². The van der Waals surface area contributed by atoms with E-state index >= 15 is 0 Å². The van der Waals surface area contributed by atoms with Gasteiger partial charge in [0.2, 0.25) is 0 Å². The molecule has 100 valence electrons. The molecule has 0 N–H and O–H groups in total. The van der Waals surface area contributed by atoms with Crippen molar-refractivity contribution in [2.45, 2.75) is 0 Å². The number of hydrogen-bond donors (Lipinski definition) is 0. The molecule has 0 fully saturated rings. The van der Waals surface area contributed by atoms with E-state index in [1.54, 1.807) is 0 Å². The van der Waals surface area contributed by atoms with E-state index in [9.17, 15) is 0 Å². The van der Waals surface area contributed by atoms with Crippen LogP contribution < -0.4 is 44.0 Å². The van der Waals surface area contributed by atoms with E-state index in [4.69, 9.17) is 57.7 Å². The minimum absolute atomic E-state index is 0. The molecule has 0 unspecified atom stereocenters. The molecule has 0 heterocycles. The van der Waals surface area contributed by atoms with Crippen LogP contribution in [0, 0.1) is 0 Å². The third-order valence-corrected chi connectivity index (χ3v) is 0. The summed E-state index contributed by atoms with van der Waals surface area (Å²) in [7, 11) is -16.2. The molecule has 0 atom stereocenters. The van der Waals surface area contributed by atoms with Crippen LogP contribution in [0.3, 0.4) is 0 Å². The Bertz CT molecular complexity index is 213. The van der Waals surface area contributed by atoms with Crippen molar-refractivity contribution < 1.29 is 79.5 Å². The first-order valence-electron chi connectivity index (χ1n) is 2.19. The van der Waals surface area contributed by atoms with Crippen molar-refractivity contribution in [2.24, 2.45) is 0 Å². The Kier molecular flexibility index (Phi) is 31.8. The predicted molar refractivity (Wildman–Crippen MR) is 37.1 cm³/mol. The van der Waals surface area contributed by atoms with Crippen molar-refractivity contribution in [3.05, 3.63) is 0 Å². The number of rotatable bonds is 0. The largest absolute Gasteiger partial charge is 4.00 e. The molecule has 0 aromatic carbocycles. The van der Waals surface area contributed by atoms with Gasteiger partial charge in [-0.3, -0.25) is 0 Å². The first-order chi connectivity index (χ1) is 6.00. The number of hydrogen-bond acceptors (Lipinski definition) is 12. The minimum atomic E-state index is -5.39. The summed E-state index contributed by atoms with van der Waals surface area (Å²) in [6.45, 7) is 0. The molecule has 0 radical (unpaired) electrons. The molecule has 0 rings (SSSR count). The second-order valence-corrected chi connectivity index (χ2v) is 4.02. The Morgan fingerprint density at radius 1 is 0.500 bits per heavy atom. The van der Waals surface area contributed by atoms with Crippen molar-refractivity contribution >= 4 is 58.4 Å². The van der Waals surface area contributed by atoms with Gasteiger partial charge in [0.15, 0.2) is 0 Å². The van der Waals surface area contributed by atoms with Gasteiger partial charge in [-0.05, 0) is 0 Å². The standard InChI is InChI=1S/Al.GeH2.3H3O4P.Ti/c;;3*1-5(2,3)4;/h;1H2;3*(H3,1,2,3,4);/q+3;+2;;;;+4/p-9. The average Bonchev–Trinajstić information content (AvgIpc) is 1.41. The van der Waals surface area contributed by atoms with E-state index in [2.05, 4.69) is 0 Å². The first kappa shape index (κ1) is 36.9. The number of phosphoric acid groups is 3. The van der Waals surface area contributed by atoms with E-state index in [1.165, 1.54) is 0 Å². The third kappa shape index (κ3) is 1180. The molecule has 0 aromatic rings. The molecule has 0 saturated heterocycles. The van der Waals surface area contributed by atoms with Gasteiger partial charge in [-0.15, -0.1) is 0 Å². The van der Waals surface area contributed by atoms with Gasteiger partial charge >= 0.3 is 56.7 Å². The van der Waals surface area contributed by atoms with Crippen LogP contribution in [0.25, 0.3) is 0 Å². The Labute approximate surface area is 137 Å². The molecule has 18 heavy (non-hydrogen) atoms. The fourth-order valence-corrected chi connectivity index (χ4v) is 0. The Morgan fingerprint density at radius 3 is 0.500 bits per heavy atom. The molecular weight excluding hydrogens is 432 g/mol. The summed E-state index contributed by atoms with van der Waals surface area (Å²) < 4.78 is 25.6. The van der Waals surface area contributed by atoms with E-state index in [0.29, 0.717) is 0 Å². The first-order valence-corrected chi connectivity index (χ1v) is 6.57. The van der Waals surface area contributed by atoms with Gasteiger partial charge in [0.1, 0.15) is 0 Å². The Balaban J connectivity index is -0.0000000277. The van der Waals surface area contributed by atoms with Crippen LogP contribution in [0.4, 0.5) is 0 Å². The van der Waals surface area contributed by atoms with Gasteiger partial charge in [-0.2, -0.15) is 23.5 Å². The van der Waals surface area contributed by atoms with Gasteiger partial charge < -0.3 is 57.7 Å². The molecule has 0 aliphatic heterocycles. The molecular formula is H2AlGeO12P3Ti. The van der Waals surface area contributed by atoms with Gasteiger partial charge in [-0.1, -0.05) is 0 Å². The maximum Gasteiger partial charge on any atom is 4.00 e. The Morgan fingerprint density at radius 2 is 0.500 bits per heavy atom. The minimum Gasteiger partial charge on any atom is 4.00 e. The zero-order valence-corrected chi connectivity index (χ0v) is 16.4. The zero-order chi connectivity index (χ0) is 13.5. The molecule has 0 aromatic heterocycles. The van der Waals surface area contributed by atoms with Crippen molar-refractivity contribution in [1.29, 1.82) is 0 Å². The second-order valence-electron chi connectivity index (χ2n) is 1.34. The van der Waals surface area contributed by atoms with Gasteiger partial charge in [0.05, 0.1) is 0 Å². The maximum absolute atomic E-state index is 8.55. The van der Waals surface area contributed by atoms with Gasteiger partial charge in [0.25, 0.3) is 0 Å². The van der Waals surface area contributed by atoms with E-state index in [-0.39, 0.29) is 56.7 Å². The molecule has 0 amide bonds. The van der Waals surface area contributed by atoms with Gasteiger partial charge in [-0.25, -0.2) is 0 Å². The Hall–Kier alpha value is 2.12. The summed E-state index contributed by atoms with van der Waals surface area (Å²) in [5.74, 6) is 0. The second kappa shape index (κ2) is 15.5. The van der Waals surface area contributed by atoms with Gasteiger partial charge in [0, 0.05) is 0 Å². The SMILES string of the molecule is O=P([O-])([O-])[O-].O=P([O-])([O-])[O-].O=P([O-])([O-])[O-].[Al+3].[GeH2+2].[Ti+4].